The van der Waals surface area contributed by atoms with Gasteiger partial charge in [-0.1, -0.05) is 104 Å². The molecular formula is C72H120N20O14P2S. The predicted molar refractivity (Wildman–Crippen MR) is 421 cm³/mol. The van der Waals surface area contributed by atoms with Crippen LogP contribution in [0.3, 0.4) is 0 Å². The molecule has 6 unspecified atom stereocenters. The third-order valence-electron chi connectivity index (χ3n) is 16.7. The SMILES string of the molecule is CC(C)(C)C[C@H]1O[C@@H](n2cnc3c(=O)[nH]c(N)nc32)CC1O.CC(C)(C)C[C@H]1O[C@@H](n2cnc3c(N)ncnc32)CC1OC(C)(C)C.CC(C)(C)C[C@H]1O[C@@H](n2cnc3c(N)ncnc32)CC1OP(=O)(O)OC(C)(C)C.CC(C)(C)C[C@H]1O[C@@H](n2cnc3c(N)ncnc32)CC1OP(O)(=S)OC(C)(C)C.CC(C)C. The average Bonchev–Trinajstić information content (AvgIpc) is 1.65. The average molecular weight is 1580 g/mol. The smallest absolute Gasteiger partial charge is 0.390 e. The Labute approximate surface area is 643 Å². The van der Waals surface area contributed by atoms with Gasteiger partial charge in [-0.2, -0.15) is 4.98 Å². The Hall–Kier alpha value is -6.40. The van der Waals surface area contributed by atoms with Crippen molar-refractivity contribution in [3.05, 3.63) is 54.6 Å². The molecule has 0 amide bonds. The number of rotatable bonds is 15. The Morgan fingerprint density at radius 1 is 0.477 bits per heavy atom. The summed E-state index contributed by atoms with van der Waals surface area (Å²) in [6.07, 6.45) is 11.8. The molecule has 608 valence electrons. The van der Waals surface area contributed by atoms with E-state index in [0.717, 1.165) is 31.6 Å². The van der Waals surface area contributed by atoms with Gasteiger partial charge in [-0.3, -0.25) is 37.1 Å². The van der Waals surface area contributed by atoms with Crippen LogP contribution < -0.4 is 28.5 Å². The summed E-state index contributed by atoms with van der Waals surface area (Å²) in [5, 5.41) is 10.2. The van der Waals surface area contributed by atoms with Gasteiger partial charge in [0.25, 0.3) is 5.56 Å². The van der Waals surface area contributed by atoms with Gasteiger partial charge in [0, 0.05) is 25.7 Å². The van der Waals surface area contributed by atoms with E-state index in [1.165, 1.54) is 25.3 Å². The zero-order valence-electron chi connectivity index (χ0n) is 67.9. The number of nitrogens with zero attached hydrogens (tertiary/aromatic N) is 15. The van der Waals surface area contributed by atoms with Gasteiger partial charge >= 0.3 is 14.5 Å². The van der Waals surface area contributed by atoms with Crippen LogP contribution in [0.15, 0.2) is 49.1 Å². The van der Waals surface area contributed by atoms with Crippen molar-refractivity contribution in [1.82, 2.24) is 78.1 Å². The van der Waals surface area contributed by atoms with Gasteiger partial charge < -0.3 is 70.6 Å². The molecule has 8 aromatic rings. The van der Waals surface area contributed by atoms with E-state index in [1.807, 2.05) is 29.9 Å². The van der Waals surface area contributed by atoms with Crippen LogP contribution in [0.5, 0.6) is 0 Å². The van der Waals surface area contributed by atoms with Crippen molar-refractivity contribution >= 4 is 94.4 Å². The molecule has 37 heteroatoms. The Morgan fingerprint density at radius 2 is 0.798 bits per heavy atom. The summed E-state index contributed by atoms with van der Waals surface area (Å²) in [5.74, 6) is 1.85. The molecule has 4 saturated heterocycles. The molecule has 12 rings (SSSR count). The van der Waals surface area contributed by atoms with Gasteiger partial charge in [-0.05, 0) is 127 Å². The number of H-pyrrole nitrogens is 1. The molecule has 0 radical (unpaired) electrons. The highest BCUT2D eigenvalue weighted by Gasteiger charge is 2.47. The first-order valence-corrected chi connectivity index (χ1v) is 41.0. The van der Waals surface area contributed by atoms with Crippen molar-refractivity contribution in [1.29, 1.82) is 0 Å². The lowest BCUT2D eigenvalue weighted by atomic mass is 9.87. The molecule has 109 heavy (non-hydrogen) atoms. The second-order valence-electron chi connectivity index (χ2n) is 36.7. The highest BCUT2D eigenvalue weighted by molar-refractivity contribution is 8.07. The molecular weight excluding hydrogens is 1460 g/mol. The van der Waals surface area contributed by atoms with Crippen molar-refractivity contribution in [2.75, 3.05) is 22.9 Å². The molecule has 4 fully saturated rings. The fraction of sp³-hybridized carbons (Fsp3) is 0.722. The first-order chi connectivity index (χ1) is 50.0. The molecule has 0 spiro atoms. The van der Waals surface area contributed by atoms with E-state index in [4.69, 9.17) is 76.5 Å². The number of aliphatic hydroxyl groups excluding tert-OH is 1. The topological polar surface area (TPSA) is 459 Å². The molecule has 12 N–H and O–H groups in total. The molecule has 12 heterocycles. The van der Waals surface area contributed by atoms with Crippen LogP contribution in [-0.2, 0) is 58.2 Å². The lowest BCUT2D eigenvalue weighted by Crippen LogP contribution is -2.35. The number of phosphoric ester groups is 1. The number of hydrogen-bond donors (Lipinski definition) is 8. The van der Waals surface area contributed by atoms with Gasteiger partial charge in [0.2, 0.25) is 5.95 Å². The van der Waals surface area contributed by atoms with E-state index in [1.54, 1.807) is 48.9 Å². The molecule has 8 aromatic heterocycles. The second-order valence-corrected chi connectivity index (χ2v) is 40.8. The standard InChI is InChI=1S/C18H30N5O5P.C18H30N5O4PS.C18H29N5O2.C14H21N5O3.C4H10/c1-17(2,3)8-12-11(27-29(24,25)28-18(4,5)6)7-13(26-12)23-10-22-14-15(19)20-9-21-16(14)23;1-17(2,3)8-12-11(26-28(24,29)27-18(4,5)6)7-13(25-12)23-10-22-14-15(19)20-9-21-16(14)23;1-17(2,3)8-12-11(25-18(4,5)6)7-13(24-12)23-10-22-14-15(19)20-9-21-16(14)23;1-14(2,3)5-8-7(20)4-9(22-8)19-6-16-10-11(19)17-13(15)18-12(10)21;1-4(2)3/h9-13H,7-8H2,1-6H3,(H,24,25)(H2,19,20,21);9-13H,7-8H2,1-6H3,(H,24,29)(H2,19,20,21);9-13H,7-8H2,1-6H3,(H2,19,20,21);6-9,20H,4-5H2,1-3H3,(H3,15,17,18,21);4H,1-3H3/t11?,12-,13-;11?,12-,13-,28?;11?,12-,13-;7?,8-,9-;/m1111./s1. The van der Waals surface area contributed by atoms with Crippen LogP contribution in [0, 0.1) is 27.6 Å². The fourth-order valence-corrected chi connectivity index (χ4v) is 16.5. The van der Waals surface area contributed by atoms with E-state index in [0.29, 0.717) is 76.5 Å². The second kappa shape index (κ2) is 34.1. The van der Waals surface area contributed by atoms with Crippen LogP contribution in [0.1, 0.15) is 242 Å². The number of nitrogens with two attached hydrogens (primary N) is 4. The summed E-state index contributed by atoms with van der Waals surface area (Å²) in [7, 11) is -4.28. The van der Waals surface area contributed by atoms with Gasteiger partial charge in [-0.25, -0.2) is 54.4 Å². The van der Waals surface area contributed by atoms with Crippen LogP contribution >= 0.6 is 14.5 Å². The maximum absolute atomic E-state index is 12.5. The van der Waals surface area contributed by atoms with Crippen LogP contribution in [0.2, 0.25) is 0 Å². The highest BCUT2D eigenvalue weighted by Crippen LogP contribution is 2.54. The first-order valence-electron chi connectivity index (χ1n) is 36.9. The summed E-state index contributed by atoms with van der Waals surface area (Å²) in [6, 6.07) is 0. The monoisotopic (exact) mass is 1580 g/mol. The molecule has 4 aliphatic heterocycles. The third-order valence-corrected chi connectivity index (χ3v) is 19.8. The maximum Gasteiger partial charge on any atom is 0.473 e. The number of nitrogen functional groups attached to an aromatic ring is 4. The van der Waals surface area contributed by atoms with Gasteiger partial charge in [0.05, 0.1) is 90.9 Å². The minimum Gasteiger partial charge on any atom is -0.390 e. The van der Waals surface area contributed by atoms with Crippen molar-refractivity contribution in [2.45, 2.75) is 308 Å². The Balaban J connectivity index is 0.000000181. The molecule has 14 atom stereocenters. The summed E-state index contributed by atoms with van der Waals surface area (Å²) in [4.78, 5) is 81.0. The Bertz CT molecular complexity index is 4330. The molecule has 4 aliphatic rings. The number of phosphoric acid groups is 1. The lowest BCUT2D eigenvalue weighted by Gasteiger charge is -2.31. The number of aliphatic hydroxyl groups is 1. The van der Waals surface area contributed by atoms with Crippen LogP contribution in [0.25, 0.3) is 44.7 Å². The summed E-state index contributed by atoms with van der Waals surface area (Å²) < 4.78 is 73.3. The first kappa shape index (κ1) is 88.2. The molecule has 0 saturated carbocycles. The number of hydrogen-bond acceptors (Lipinski definition) is 28. The molecule has 0 aromatic carbocycles. The van der Waals surface area contributed by atoms with Crippen LogP contribution in [0.4, 0.5) is 23.4 Å². The van der Waals surface area contributed by atoms with E-state index in [-0.39, 0.29) is 87.0 Å². The van der Waals surface area contributed by atoms with Crippen molar-refractivity contribution in [2.24, 2.45) is 27.6 Å². The number of fused-ring (bicyclic) bond motifs is 4. The Kier molecular flexibility index (Phi) is 27.6. The number of ether oxygens (including phenoxy) is 5. The van der Waals surface area contributed by atoms with E-state index >= 15 is 0 Å². The minimum absolute atomic E-state index is 0.00628. The van der Waals surface area contributed by atoms with Gasteiger partial charge in [0.15, 0.2) is 45.6 Å². The van der Waals surface area contributed by atoms with Crippen molar-refractivity contribution < 1.29 is 61.2 Å². The summed E-state index contributed by atoms with van der Waals surface area (Å²) >= 11 is 5.27. The quantitative estimate of drug-likeness (QED) is 0.0442. The van der Waals surface area contributed by atoms with E-state index in [9.17, 15) is 24.3 Å². The largest absolute Gasteiger partial charge is 0.473 e. The summed E-state index contributed by atoms with van der Waals surface area (Å²) in [6.45, 7) is 45.4. The normalized spacial score (nSPS) is 24.8. The summed E-state index contributed by atoms with van der Waals surface area (Å²) in [5.41, 5.74) is 25.4. The fourth-order valence-electron chi connectivity index (χ4n) is 12.9. The molecule has 0 aliphatic carbocycles. The zero-order chi connectivity index (χ0) is 81.3. The third kappa shape index (κ3) is 25.6. The number of aromatic amines is 1. The predicted octanol–water partition coefficient (Wildman–Crippen LogP) is 12.7. The Morgan fingerprint density at radius 3 is 1.17 bits per heavy atom. The minimum atomic E-state index is -4.28. The lowest BCUT2D eigenvalue weighted by molar-refractivity contribution is -0.102. The van der Waals surface area contributed by atoms with Crippen molar-refractivity contribution in [3.8, 4) is 0 Å². The zero-order valence-corrected chi connectivity index (χ0v) is 70.5. The van der Waals surface area contributed by atoms with E-state index in [2.05, 4.69) is 184 Å². The van der Waals surface area contributed by atoms with Gasteiger partial charge in [-0.15, -0.1) is 0 Å². The van der Waals surface area contributed by atoms with Crippen LogP contribution in [-0.4, -0.2) is 159 Å². The molecule has 34 nitrogen and oxygen atoms in total. The number of imidazole rings is 4. The van der Waals surface area contributed by atoms with Gasteiger partial charge in [0.1, 0.15) is 60.4 Å². The van der Waals surface area contributed by atoms with E-state index < -0.39 is 62.6 Å². The molecule has 0 bridgehead atoms. The number of anilines is 4. The number of aromatic nitrogens is 16. The van der Waals surface area contributed by atoms with Crippen molar-refractivity contribution in [3.63, 3.8) is 0 Å². The highest BCUT2D eigenvalue weighted by atomic mass is 32.5. The maximum atomic E-state index is 12.5. The number of nitrogens with one attached hydrogen (secondary N) is 1.